The Balaban J connectivity index is 1.26. The maximum atomic E-state index is 14.4. The average molecular weight is 727 g/mol. The minimum absolute atomic E-state index is 0.00432. The summed E-state index contributed by atoms with van der Waals surface area (Å²) in [5.74, 6) is 2.43. The van der Waals surface area contributed by atoms with Crippen molar-refractivity contribution in [1.29, 1.82) is 0 Å². The van der Waals surface area contributed by atoms with Crippen LogP contribution in [0.5, 0.6) is 0 Å². The van der Waals surface area contributed by atoms with Gasteiger partial charge in [0.05, 0.1) is 30.9 Å². The molecule has 1 aliphatic heterocycles. The lowest BCUT2D eigenvalue weighted by molar-refractivity contribution is -0.221. The van der Waals surface area contributed by atoms with Gasteiger partial charge in [-0.2, -0.15) is 0 Å². The predicted octanol–water partition coefficient (Wildman–Crippen LogP) is 8.62. The van der Waals surface area contributed by atoms with Crippen molar-refractivity contribution in [3.8, 4) is 0 Å². The van der Waals surface area contributed by atoms with Crippen LogP contribution in [0.4, 0.5) is 4.39 Å². The first-order valence-corrected chi connectivity index (χ1v) is 22.0. The molecule has 0 aromatic heterocycles. The van der Waals surface area contributed by atoms with Crippen molar-refractivity contribution >= 4 is 21.4 Å². The van der Waals surface area contributed by atoms with E-state index < -0.39 is 9.84 Å². The summed E-state index contributed by atoms with van der Waals surface area (Å²) in [5, 5.41) is 4.12. The molecule has 1 aromatic carbocycles. The van der Waals surface area contributed by atoms with E-state index in [0.717, 1.165) is 38.8 Å². The van der Waals surface area contributed by atoms with E-state index in [2.05, 4.69) is 76.9 Å². The van der Waals surface area contributed by atoms with Gasteiger partial charge in [-0.3, -0.25) is 4.39 Å². The van der Waals surface area contributed by atoms with Gasteiger partial charge in [0, 0.05) is 31.7 Å². The molecule has 3 saturated carbocycles. The number of benzene rings is 1. The highest BCUT2D eigenvalue weighted by Gasteiger charge is 2.68. The lowest BCUT2D eigenvalue weighted by Crippen LogP contribution is -2.68. The number of esters is 1. The van der Waals surface area contributed by atoms with Gasteiger partial charge in [0.2, 0.25) is 0 Å². The highest BCUT2D eigenvalue weighted by Crippen LogP contribution is 2.75. The number of hydrogen-bond donors (Lipinski definition) is 1. The number of methoxy groups -OCH3 is 1. The minimum Gasteiger partial charge on any atom is -0.465 e. The molecular formula is C43H67FN2O4S. The standard InChI is InChI=1S/C43H67FN2O4S/c1-9-43(45-22-23-46-24-26-51(48,49)27-25-46)21-20-41(6)34(35(43)28-30(2)29-44)14-15-37-40(5)18-16-33(31-10-12-32(13-11-31)38(47)50-8)39(3,4)36(40)17-19-42(37,41)7/h10-13,16,30,34-37,45H,9,14-15,17-29H2,1-8H3/t30?,34-,35-,36+,37-,40+,41-,42-,43+/m1/s1. The van der Waals surface area contributed by atoms with Crippen LogP contribution in [0.25, 0.3) is 5.57 Å². The summed E-state index contributed by atoms with van der Waals surface area (Å²) in [5.41, 5.74) is 3.79. The van der Waals surface area contributed by atoms with Crippen LogP contribution >= 0.6 is 0 Å². The maximum absolute atomic E-state index is 14.4. The topological polar surface area (TPSA) is 75.7 Å². The molecule has 1 saturated heterocycles. The SMILES string of the molecule is CC[C@]1(NCCN2CCS(=O)(=O)CC2)CC[C@]2(C)[C@H](CC[C@@H]3[C@@]4(C)CC=C(c5ccc(C(=O)OC)cc5)C(C)(C)[C@@H]4CC[C@]32C)[C@H]1CC(C)CF. The second-order valence-electron chi connectivity index (χ2n) is 18.8. The summed E-state index contributed by atoms with van der Waals surface area (Å²) in [6.45, 7) is 20.0. The Morgan fingerprint density at radius 1 is 0.980 bits per heavy atom. The van der Waals surface area contributed by atoms with Crippen LogP contribution in [0.1, 0.15) is 122 Å². The van der Waals surface area contributed by atoms with Gasteiger partial charge in [-0.1, -0.05) is 66.7 Å². The molecule has 1 aromatic rings. The van der Waals surface area contributed by atoms with Crippen molar-refractivity contribution < 1.29 is 22.3 Å². The first-order valence-electron chi connectivity index (χ1n) is 20.1. The van der Waals surface area contributed by atoms with E-state index in [1.165, 1.54) is 50.4 Å². The fraction of sp³-hybridized carbons (Fsp3) is 0.791. The lowest BCUT2D eigenvalue weighted by Gasteiger charge is -2.72. The van der Waals surface area contributed by atoms with E-state index in [1.54, 1.807) is 0 Å². The number of nitrogens with one attached hydrogen (secondary N) is 1. The second kappa shape index (κ2) is 14.1. The first kappa shape index (κ1) is 38.9. The summed E-state index contributed by atoms with van der Waals surface area (Å²) >= 11 is 0. The van der Waals surface area contributed by atoms with E-state index in [1.807, 2.05) is 12.1 Å². The molecule has 8 heteroatoms. The van der Waals surface area contributed by atoms with E-state index in [0.29, 0.717) is 42.3 Å². The molecule has 0 spiro atoms. The third-order valence-corrected chi connectivity index (χ3v) is 17.9. The fourth-order valence-electron chi connectivity index (χ4n) is 13.3. The molecule has 0 amide bonds. The number of rotatable bonds is 10. The van der Waals surface area contributed by atoms with Gasteiger partial charge >= 0.3 is 5.97 Å². The average Bonchev–Trinajstić information content (AvgIpc) is 3.09. The van der Waals surface area contributed by atoms with Gasteiger partial charge in [0.25, 0.3) is 0 Å². The normalized spacial score (nSPS) is 39.5. The zero-order valence-corrected chi connectivity index (χ0v) is 33.8. The number of alkyl halides is 1. The zero-order valence-electron chi connectivity index (χ0n) is 33.0. The summed E-state index contributed by atoms with van der Waals surface area (Å²) in [6.07, 6.45) is 12.8. The van der Waals surface area contributed by atoms with Gasteiger partial charge < -0.3 is 15.0 Å². The number of hydrogen-bond acceptors (Lipinski definition) is 6. The number of sulfone groups is 1. The van der Waals surface area contributed by atoms with Gasteiger partial charge in [-0.25, -0.2) is 13.2 Å². The smallest absolute Gasteiger partial charge is 0.337 e. The number of fused-ring (bicyclic) bond motifs is 5. The van der Waals surface area contributed by atoms with Crippen molar-refractivity contribution in [2.75, 3.05) is 51.5 Å². The molecule has 0 bridgehead atoms. The third kappa shape index (κ3) is 6.57. The summed E-state index contributed by atoms with van der Waals surface area (Å²) in [4.78, 5) is 14.4. The Hall–Kier alpha value is -1.77. The van der Waals surface area contributed by atoms with Crippen molar-refractivity contribution in [3.63, 3.8) is 0 Å². The Labute approximate surface area is 309 Å². The number of nitrogens with zero attached hydrogens (tertiary/aromatic N) is 1. The van der Waals surface area contributed by atoms with Gasteiger partial charge in [0.15, 0.2) is 9.84 Å². The summed E-state index contributed by atoms with van der Waals surface area (Å²) < 4.78 is 43.4. The lowest BCUT2D eigenvalue weighted by atomic mass is 9.32. The van der Waals surface area contributed by atoms with Crippen molar-refractivity contribution in [2.45, 2.75) is 112 Å². The molecule has 1 N–H and O–H groups in total. The van der Waals surface area contributed by atoms with Crippen LogP contribution in [0.15, 0.2) is 30.3 Å². The van der Waals surface area contributed by atoms with E-state index >= 15 is 0 Å². The highest BCUT2D eigenvalue weighted by molar-refractivity contribution is 7.91. The highest BCUT2D eigenvalue weighted by atomic mass is 32.2. The molecule has 6 nitrogen and oxygen atoms in total. The van der Waals surface area contributed by atoms with E-state index in [9.17, 15) is 17.6 Å². The van der Waals surface area contributed by atoms with E-state index in [-0.39, 0.29) is 57.3 Å². The molecule has 4 fully saturated rings. The molecule has 9 atom stereocenters. The molecule has 4 aliphatic carbocycles. The quantitative estimate of drug-likeness (QED) is 0.244. The monoisotopic (exact) mass is 726 g/mol. The van der Waals surface area contributed by atoms with Gasteiger partial charge in [-0.15, -0.1) is 0 Å². The molecule has 5 aliphatic rings. The van der Waals surface area contributed by atoms with E-state index in [4.69, 9.17) is 4.74 Å². The third-order valence-electron chi connectivity index (χ3n) is 16.3. The van der Waals surface area contributed by atoms with Gasteiger partial charge in [-0.05, 0) is 132 Å². The Bertz CT molecular complexity index is 1560. The number of carbonyl (C=O) groups excluding carboxylic acids is 1. The number of carbonyl (C=O) groups is 1. The van der Waals surface area contributed by atoms with Crippen molar-refractivity contribution in [3.05, 3.63) is 41.5 Å². The van der Waals surface area contributed by atoms with Crippen LogP contribution in [0.3, 0.4) is 0 Å². The molecule has 1 unspecified atom stereocenters. The number of allylic oxidation sites excluding steroid dienone is 2. The molecule has 6 rings (SSSR count). The van der Waals surface area contributed by atoms with Crippen LogP contribution in [0, 0.1) is 51.2 Å². The predicted molar refractivity (Wildman–Crippen MR) is 206 cm³/mol. The van der Waals surface area contributed by atoms with Crippen LogP contribution < -0.4 is 5.32 Å². The molecule has 1 heterocycles. The Morgan fingerprint density at radius 3 is 2.29 bits per heavy atom. The molecule has 0 radical (unpaired) electrons. The minimum atomic E-state index is -2.89. The van der Waals surface area contributed by atoms with Crippen LogP contribution in [-0.2, 0) is 14.6 Å². The fourth-order valence-corrected chi connectivity index (χ4v) is 14.5. The van der Waals surface area contributed by atoms with Crippen molar-refractivity contribution in [1.82, 2.24) is 10.2 Å². The number of halogens is 1. The largest absolute Gasteiger partial charge is 0.465 e. The van der Waals surface area contributed by atoms with Crippen LogP contribution in [-0.4, -0.2) is 76.3 Å². The molecule has 51 heavy (non-hydrogen) atoms. The molecule has 286 valence electrons. The summed E-state index contributed by atoms with van der Waals surface area (Å²) in [6, 6.07) is 8.02. The van der Waals surface area contributed by atoms with Gasteiger partial charge in [0.1, 0.15) is 0 Å². The Morgan fingerprint density at radius 2 is 1.67 bits per heavy atom. The summed E-state index contributed by atoms with van der Waals surface area (Å²) in [7, 11) is -1.46. The van der Waals surface area contributed by atoms with Crippen molar-refractivity contribution in [2.24, 2.45) is 51.2 Å². The molecular weight excluding hydrogens is 660 g/mol. The Kier molecular flexibility index (Phi) is 10.8. The number of ether oxygens (including phenoxy) is 1. The first-order chi connectivity index (χ1) is 24.0. The maximum Gasteiger partial charge on any atom is 0.337 e. The zero-order chi connectivity index (χ0) is 37.0. The van der Waals surface area contributed by atoms with Crippen LogP contribution in [0.2, 0.25) is 0 Å². The second-order valence-corrected chi connectivity index (χ2v) is 21.1.